The van der Waals surface area contributed by atoms with Gasteiger partial charge in [-0.2, -0.15) is 0 Å². The van der Waals surface area contributed by atoms with Gasteiger partial charge in [-0.25, -0.2) is 0 Å². The molecule has 1 atom stereocenters. The van der Waals surface area contributed by atoms with Crippen molar-refractivity contribution in [1.29, 1.82) is 0 Å². The summed E-state index contributed by atoms with van der Waals surface area (Å²) in [5.41, 5.74) is 0. The molecule has 1 unspecified atom stereocenters. The monoisotopic (exact) mass is 367 g/mol. The second-order valence-corrected chi connectivity index (χ2v) is 6.05. The molecule has 0 amide bonds. The zero-order chi connectivity index (χ0) is 13.7. The van der Waals surface area contributed by atoms with Crippen LogP contribution in [-0.4, -0.2) is 32.4 Å². The van der Waals surface area contributed by atoms with Crippen molar-refractivity contribution in [2.24, 2.45) is 0 Å². The molecule has 1 heterocycles. The molecule has 6 heteroatoms. The molecule has 0 spiro atoms. The molecule has 19 heavy (non-hydrogen) atoms. The fourth-order valence-electron chi connectivity index (χ4n) is 1.92. The third-order valence-electron chi connectivity index (χ3n) is 2.91. The second kappa shape index (κ2) is 7.70. The van der Waals surface area contributed by atoms with E-state index in [-0.39, 0.29) is 0 Å². The first-order valence-electron chi connectivity index (χ1n) is 6.26. The fourth-order valence-corrected chi connectivity index (χ4v) is 2.76. The molecule has 0 bridgehead atoms. The largest absolute Gasteiger partial charge is 0.491 e. The summed E-state index contributed by atoms with van der Waals surface area (Å²) in [5, 5.41) is 4.45. The molecule has 106 valence electrons. The van der Waals surface area contributed by atoms with Crippen molar-refractivity contribution in [3.05, 3.63) is 26.7 Å². The predicted octanol–water partition coefficient (Wildman–Crippen LogP) is 3.90. The van der Waals surface area contributed by atoms with Crippen LogP contribution in [0.3, 0.4) is 0 Å². The number of benzene rings is 1. The van der Waals surface area contributed by atoms with Gasteiger partial charge in [-0.15, -0.1) is 0 Å². The predicted molar refractivity (Wildman–Crippen MR) is 81.5 cm³/mol. The molecule has 1 aliphatic heterocycles. The molecule has 1 N–H and O–H groups in total. The summed E-state index contributed by atoms with van der Waals surface area (Å²) >= 11 is 15.4. The summed E-state index contributed by atoms with van der Waals surface area (Å²) in [6.07, 6.45) is 2.66. The summed E-state index contributed by atoms with van der Waals surface area (Å²) in [4.78, 5) is 0. The zero-order valence-corrected chi connectivity index (χ0v) is 13.5. The maximum absolute atomic E-state index is 6.06. The number of rotatable bonds is 6. The van der Waals surface area contributed by atoms with E-state index >= 15 is 0 Å². The Hall–Kier alpha value is -0.0000000000000000555. The molecular formula is C13H16BrCl2NO2. The van der Waals surface area contributed by atoms with E-state index in [9.17, 15) is 0 Å². The lowest BCUT2D eigenvalue weighted by Crippen LogP contribution is -2.29. The standard InChI is InChI=1S/C13H16BrCl2NO2/c14-10-6-12(16)13(7-11(10)15)19-5-3-17-8-9-2-1-4-18-9/h6-7,9,17H,1-5,8H2. The van der Waals surface area contributed by atoms with Gasteiger partial charge in [0.25, 0.3) is 0 Å². The minimum Gasteiger partial charge on any atom is -0.491 e. The van der Waals surface area contributed by atoms with Gasteiger partial charge in [-0.1, -0.05) is 23.2 Å². The molecule has 3 nitrogen and oxygen atoms in total. The maximum atomic E-state index is 6.06. The number of nitrogens with one attached hydrogen (secondary N) is 1. The smallest absolute Gasteiger partial charge is 0.139 e. The average molecular weight is 369 g/mol. The first-order chi connectivity index (χ1) is 9.16. The molecule has 0 aromatic heterocycles. The lowest BCUT2D eigenvalue weighted by Gasteiger charge is -2.12. The van der Waals surface area contributed by atoms with Crippen molar-refractivity contribution in [3.63, 3.8) is 0 Å². The summed E-state index contributed by atoms with van der Waals surface area (Å²) in [6.45, 7) is 3.06. The summed E-state index contributed by atoms with van der Waals surface area (Å²) in [5.74, 6) is 0.605. The average Bonchev–Trinajstić information content (AvgIpc) is 2.88. The first kappa shape index (κ1) is 15.4. The first-order valence-corrected chi connectivity index (χ1v) is 7.81. The molecule has 2 rings (SSSR count). The highest BCUT2D eigenvalue weighted by Gasteiger charge is 2.14. The molecule has 0 radical (unpaired) electrons. The maximum Gasteiger partial charge on any atom is 0.139 e. The van der Waals surface area contributed by atoms with E-state index in [0.717, 1.165) is 37.0 Å². The van der Waals surface area contributed by atoms with Gasteiger partial charge in [0.1, 0.15) is 12.4 Å². The Morgan fingerprint density at radius 1 is 1.37 bits per heavy atom. The van der Waals surface area contributed by atoms with Crippen LogP contribution in [0.2, 0.25) is 10.0 Å². The number of halogens is 3. The molecule has 1 aromatic carbocycles. The Morgan fingerprint density at radius 2 is 2.21 bits per heavy atom. The highest BCUT2D eigenvalue weighted by Crippen LogP contribution is 2.33. The van der Waals surface area contributed by atoms with Crippen molar-refractivity contribution < 1.29 is 9.47 Å². The van der Waals surface area contributed by atoms with E-state index in [0.29, 0.717) is 28.5 Å². The fraction of sp³-hybridized carbons (Fsp3) is 0.538. The normalized spacial score (nSPS) is 18.8. The van der Waals surface area contributed by atoms with Crippen LogP contribution >= 0.6 is 39.1 Å². The topological polar surface area (TPSA) is 30.5 Å². The van der Waals surface area contributed by atoms with Crippen molar-refractivity contribution in [2.45, 2.75) is 18.9 Å². The molecule has 1 aromatic rings. The summed E-state index contributed by atoms with van der Waals surface area (Å²) in [7, 11) is 0. The molecule has 0 saturated carbocycles. The third-order valence-corrected chi connectivity index (χ3v) is 4.40. The van der Waals surface area contributed by atoms with E-state index in [1.54, 1.807) is 12.1 Å². The van der Waals surface area contributed by atoms with E-state index in [2.05, 4.69) is 21.2 Å². The second-order valence-electron chi connectivity index (χ2n) is 4.38. The molecule has 0 aliphatic carbocycles. The minimum atomic E-state index is 0.353. The van der Waals surface area contributed by atoms with Crippen LogP contribution in [0.25, 0.3) is 0 Å². The Bertz CT molecular complexity index is 425. The number of hydrogen-bond acceptors (Lipinski definition) is 3. The molecule has 1 aliphatic rings. The summed E-state index contributed by atoms with van der Waals surface area (Å²) in [6, 6.07) is 3.45. The number of ether oxygens (including phenoxy) is 2. The highest BCUT2D eigenvalue weighted by molar-refractivity contribution is 9.10. The van der Waals surface area contributed by atoms with Gasteiger partial charge < -0.3 is 14.8 Å². The van der Waals surface area contributed by atoms with Gasteiger partial charge in [0.2, 0.25) is 0 Å². The lowest BCUT2D eigenvalue weighted by atomic mass is 10.2. The van der Waals surface area contributed by atoms with Crippen molar-refractivity contribution >= 4 is 39.1 Å². The molecular weight excluding hydrogens is 353 g/mol. The van der Waals surface area contributed by atoms with Gasteiger partial charge in [0.05, 0.1) is 16.1 Å². The number of hydrogen-bond donors (Lipinski definition) is 1. The SMILES string of the molecule is Clc1cc(OCCNCC2CCCO2)c(Cl)cc1Br. The molecule has 1 fully saturated rings. The van der Waals surface area contributed by atoms with Crippen LogP contribution in [0.4, 0.5) is 0 Å². The van der Waals surface area contributed by atoms with E-state index in [1.165, 1.54) is 0 Å². The Balaban J connectivity index is 1.69. The van der Waals surface area contributed by atoms with Crippen molar-refractivity contribution in [1.82, 2.24) is 5.32 Å². The minimum absolute atomic E-state index is 0.353. The van der Waals surface area contributed by atoms with E-state index in [1.807, 2.05) is 0 Å². The van der Waals surface area contributed by atoms with Crippen molar-refractivity contribution in [2.75, 3.05) is 26.3 Å². The van der Waals surface area contributed by atoms with Crippen LogP contribution < -0.4 is 10.1 Å². The van der Waals surface area contributed by atoms with Crippen LogP contribution in [0, 0.1) is 0 Å². The Kier molecular flexibility index (Phi) is 6.23. The van der Waals surface area contributed by atoms with Crippen LogP contribution in [0.5, 0.6) is 5.75 Å². The van der Waals surface area contributed by atoms with Crippen molar-refractivity contribution in [3.8, 4) is 5.75 Å². The third kappa shape index (κ3) is 4.80. The summed E-state index contributed by atoms with van der Waals surface area (Å²) < 4.78 is 11.9. The van der Waals surface area contributed by atoms with Gasteiger partial charge >= 0.3 is 0 Å². The quantitative estimate of drug-likeness (QED) is 0.610. The highest BCUT2D eigenvalue weighted by atomic mass is 79.9. The van der Waals surface area contributed by atoms with Crippen LogP contribution in [0.15, 0.2) is 16.6 Å². The Morgan fingerprint density at radius 3 is 2.95 bits per heavy atom. The Labute approximate surface area is 131 Å². The van der Waals surface area contributed by atoms with Gasteiger partial charge in [-0.05, 0) is 34.8 Å². The van der Waals surface area contributed by atoms with Crippen LogP contribution in [-0.2, 0) is 4.74 Å². The lowest BCUT2D eigenvalue weighted by molar-refractivity contribution is 0.109. The van der Waals surface area contributed by atoms with E-state index < -0.39 is 0 Å². The van der Waals surface area contributed by atoms with E-state index in [4.69, 9.17) is 32.7 Å². The van der Waals surface area contributed by atoms with Gasteiger partial charge in [-0.3, -0.25) is 0 Å². The van der Waals surface area contributed by atoms with Gasteiger partial charge in [0.15, 0.2) is 0 Å². The van der Waals surface area contributed by atoms with Crippen LogP contribution in [0.1, 0.15) is 12.8 Å². The van der Waals surface area contributed by atoms with Gasteiger partial charge in [0, 0.05) is 30.2 Å². The zero-order valence-electron chi connectivity index (χ0n) is 10.4. The molecule has 1 saturated heterocycles.